The topological polar surface area (TPSA) is 46.2 Å². The molecule has 0 saturated heterocycles. The van der Waals surface area contributed by atoms with E-state index in [2.05, 4.69) is 15.9 Å². The zero-order chi connectivity index (χ0) is 16.4. The quantitative estimate of drug-likeness (QED) is 0.780. The Labute approximate surface area is 138 Å². The zero-order valence-corrected chi connectivity index (χ0v) is 14.0. The van der Waals surface area contributed by atoms with Crippen LogP contribution in [0.4, 0.5) is 18.9 Å². The first-order valence-electron chi connectivity index (χ1n) is 5.80. The van der Waals surface area contributed by atoms with Crippen LogP contribution in [0.15, 0.2) is 62.8 Å². The predicted octanol–water partition coefficient (Wildman–Crippen LogP) is 4.86. The van der Waals surface area contributed by atoms with E-state index in [0.29, 0.717) is 4.90 Å². The van der Waals surface area contributed by atoms with Crippen molar-refractivity contribution in [3.63, 3.8) is 0 Å². The molecule has 1 N–H and O–H groups in total. The van der Waals surface area contributed by atoms with Gasteiger partial charge in [-0.05, 0) is 36.4 Å². The number of sulfonamides is 1. The van der Waals surface area contributed by atoms with E-state index in [-0.39, 0.29) is 5.69 Å². The van der Waals surface area contributed by atoms with Gasteiger partial charge in [-0.2, -0.15) is 21.6 Å². The molecule has 2 rings (SSSR count). The Morgan fingerprint density at radius 1 is 1.00 bits per heavy atom. The smallest absolute Gasteiger partial charge is 0.275 e. The summed E-state index contributed by atoms with van der Waals surface area (Å²) in [5.41, 5.74) is -5.48. The van der Waals surface area contributed by atoms with Gasteiger partial charge in [0.2, 0.25) is 0 Å². The van der Waals surface area contributed by atoms with Crippen LogP contribution in [0.3, 0.4) is 0 Å². The lowest BCUT2D eigenvalue weighted by Crippen LogP contribution is -2.30. The third-order valence-corrected chi connectivity index (χ3v) is 5.19. The van der Waals surface area contributed by atoms with E-state index in [0.717, 1.165) is 21.1 Å². The van der Waals surface area contributed by atoms with Crippen molar-refractivity contribution >= 4 is 43.4 Å². The Morgan fingerprint density at radius 2 is 1.59 bits per heavy atom. The van der Waals surface area contributed by atoms with Crippen LogP contribution < -0.4 is 4.72 Å². The van der Waals surface area contributed by atoms with E-state index in [1.54, 1.807) is 41.1 Å². The molecule has 0 aliphatic rings. The monoisotopic (exact) mass is 411 g/mol. The van der Waals surface area contributed by atoms with Crippen molar-refractivity contribution in [3.05, 3.63) is 53.0 Å². The highest BCUT2D eigenvalue weighted by atomic mass is 79.9. The Morgan fingerprint density at radius 3 is 2.18 bits per heavy atom. The zero-order valence-electron chi connectivity index (χ0n) is 10.8. The molecule has 0 amide bonds. The van der Waals surface area contributed by atoms with E-state index in [9.17, 15) is 21.6 Å². The second kappa shape index (κ2) is 6.51. The normalized spacial score (nSPS) is 12.2. The summed E-state index contributed by atoms with van der Waals surface area (Å²) in [5.74, 6) is 0. The molecule has 0 radical (unpaired) electrons. The number of nitrogens with one attached hydrogen (secondary N) is 1. The molecule has 0 heterocycles. The van der Waals surface area contributed by atoms with Gasteiger partial charge in [0, 0.05) is 14.3 Å². The van der Waals surface area contributed by atoms with Gasteiger partial charge in [0.15, 0.2) is 0 Å². The van der Waals surface area contributed by atoms with E-state index in [4.69, 9.17) is 0 Å². The molecule has 0 fully saturated rings. The molecule has 3 nitrogen and oxygen atoms in total. The summed E-state index contributed by atoms with van der Waals surface area (Å²) in [6, 6.07) is 13.0. The number of halogens is 4. The molecular formula is C13H9BrF3NO2S2. The van der Waals surface area contributed by atoms with Crippen molar-refractivity contribution in [2.45, 2.75) is 15.3 Å². The first-order valence-corrected chi connectivity index (χ1v) is 8.90. The minimum atomic E-state index is -5.44. The first-order chi connectivity index (χ1) is 10.2. The van der Waals surface area contributed by atoms with Crippen molar-refractivity contribution in [2.24, 2.45) is 0 Å². The fourth-order valence-corrected chi connectivity index (χ4v) is 3.29. The van der Waals surface area contributed by atoms with Crippen molar-refractivity contribution in [2.75, 3.05) is 4.72 Å². The second-order valence-corrected chi connectivity index (χ2v) is 7.81. The van der Waals surface area contributed by atoms with Crippen molar-refractivity contribution in [1.29, 1.82) is 0 Å². The highest BCUT2D eigenvalue weighted by Gasteiger charge is 2.46. The summed E-state index contributed by atoms with van der Waals surface area (Å²) >= 11 is 4.44. The lowest BCUT2D eigenvalue weighted by atomic mass is 10.3. The highest BCUT2D eigenvalue weighted by molar-refractivity contribution is 9.10. The number of anilines is 1. The minimum Gasteiger partial charge on any atom is -0.275 e. The van der Waals surface area contributed by atoms with Crippen molar-refractivity contribution < 1.29 is 21.6 Å². The number of rotatable bonds is 4. The fraction of sp³-hybridized carbons (Fsp3) is 0.0769. The SMILES string of the molecule is O=S(=O)(Nc1ccccc1Sc1ccc(Br)cc1)C(F)(F)F. The van der Waals surface area contributed by atoms with Gasteiger partial charge in [-0.25, -0.2) is 0 Å². The van der Waals surface area contributed by atoms with Gasteiger partial charge in [-0.3, -0.25) is 4.72 Å². The average Bonchev–Trinajstić information content (AvgIpc) is 2.42. The summed E-state index contributed by atoms with van der Waals surface area (Å²) < 4.78 is 62.3. The third-order valence-electron chi connectivity index (χ3n) is 2.48. The largest absolute Gasteiger partial charge is 0.516 e. The van der Waals surface area contributed by atoms with Gasteiger partial charge < -0.3 is 0 Å². The van der Waals surface area contributed by atoms with Gasteiger partial charge in [0.05, 0.1) is 5.69 Å². The van der Waals surface area contributed by atoms with Gasteiger partial charge in [0.1, 0.15) is 0 Å². The van der Waals surface area contributed by atoms with E-state index >= 15 is 0 Å². The van der Waals surface area contributed by atoms with Crippen LogP contribution in [-0.4, -0.2) is 13.9 Å². The van der Waals surface area contributed by atoms with Crippen LogP contribution in [0.2, 0.25) is 0 Å². The maximum absolute atomic E-state index is 12.5. The number of hydrogen-bond donors (Lipinski definition) is 1. The molecule has 0 atom stereocenters. The maximum atomic E-state index is 12.5. The summed E-state index contributed by atoms with van der Waals surface area (Å²) in [4.78, 5) is 1.14. The Kier molecular flexibility index (Phi) is 5.08. The molecule has 0 aliphatic carbocycles. The average molecular weight is 412 g/mol. The van der Waals surface area contributed by atoms with Crippen molar-refractivity contribution in [3.8, 4) is 0 Å². The minimum absolute atomic E-state index is 0.118. The molecule has 0 aliphatic heterocycles. The number of para-hydroxylation sites is 1. The maximum Gasteiger partial charge on any atom is 0.516 e. The highest BCUT2D eigenvalue weighted by Crippen LogP contribution is 2.35. The molecule has 0 bridgehead atoms. The molecule has 0 unspecified atom stereocenters. The summed E-state index contributed by atoms with van der Waals surface area (Å²) in [7, 11) is -5.44. The lowest BCUT2D eigenvalue weighted by molar-refractivity contribution is -0.0429. The Balaban J connectivity index is 2.29. The molecule has 0 spiro atoms. The number of alkyl halides is 3. The first kappa shape index (κ1) is 17.2. The van der Waals surface area contributed by atoms with Crippen LogP contribution in [0.25, 0.3) is 0 Å². The third kappa shape index (κ3) is 4.17. The van der Waals surface area contributed by atoms with Gasteiger partial charge in [-0.1, -0.05) is 39.8 Å². The van der Waals surface area contributed by atoms with E-state index in [1.165, 1.54) is 12.1 Å². The van der Waals surface area contributed by atoms with E-state index < -0.39 is 15.5 Å². The van der Waals surface area contributed by atoms with Gasteiger partial charge in [-0.15, -0.1) is 0 Å². The molecular weight excluding hydrogens is 403 g/mol. The van der Waals surface area contributed by atoms with Crippen LogP contribution >= 0.6 is 27.7 Å². The molecule has 0 aromatic heterocycles. The second-order valence-electron chi connectivity index (χ2n) is 4.10. The fourth-order valence-electron chi connectivity index (χ4n) is 1.47. The number of hydrogen-bond acceptors (Lipinski definition) is 3. The summed E-state index contributed by atoms with van der Waals surface area (Å²) in [6.07, 6.45) is 0. The standard InChI is InChI=1S/C13H9BrF3NO2S2/c14-9-5-7-10(8-6-9)21-12-4-2-1-3-11(12)18-22(19,20)13(15,16)17/h1-8,18H. The molecule has 118 valence electrons. The summed E-state index contributed by atoms with van der Waals surface area (Å²) in [6.45, 7) is 0. The van der Waals surface area contributed by atoms with Crippen LogP contribution in [0.1, 0.15) is 0 Å². The van der Waals surface area contributed by atoms with Gasteiger partial charge >= 0.3 is 15.5 Å². The Bertz CT molecular complexity index is 762. The molecule has 2 aromatic rings. The van der Waals surface area contributed by atoms with Crippen LogP contribution in [-0.2, 0) is 10.0 Å². The molecule has 0 saturated carbocycles. The Hall–Kier alpha value is -1.19. The molecule has 9 heteroatoms. The van der Waals surface area contributed by atoms with Crippen molar-refractivity contribution in [1.82, 2.24) is 0 Å². The molecule has 22 heavy (non-hydrogen) atoms. The van der Waals surface area contributed by atoms with Gasteiger partial charge in [0.25, 0.3) is 0 Å². The predicted molar refractivity (Wildman–Crippen MR) is 83.3 cm³/mol. The van der Waals surface area contributed by atoms with E-state index in [1.807, 2.05) is 0 Å². The summed E-state index contributed by atoms with van der Waals surface area (Å²) in [5, 5.41) is 0. The lowest BCUT2D eigenvalue weighted by Gasteiger charge is -2.13. The number of benzene rings is 2. The van der Waals surface area contributed by atoms with Crippen LogP contribution in [0.5, 0.6) is 0 Å². The van der Waals surface area contributed by atoms with Crippen LogP contribution in [0, 0.1) is 0 Å². The molecule has 2 aromatic carbocycles.